The van der Waals surface area contributed by atoms with Crippen LogP contribution in [0.1, 0.15) is 5.56 Å². The predicted octanol–water partition coefficient (Wildman–Crippen LogP) is 5.12. The quantitative estimate of drug-likeness (QED) is 0.679. The van der Waals surface area contributed by atoms with Gasteiger partial charge in [-0.2, -0.15) is 0 Å². The van der Waals surface area contributed by atoms with Crippen LogP contribution in [0.5, 0.6) is 0 Å². The van der Waals surface area contributed by atoms with Gasteiger partial charge in [0.15, 0.2) is 0 Å². The Morgan fingerprint density at radius 3 is 1.96 bits per heavy atom. The molecule has 0 unspecified atom stereocenters. The molecule has 0 aliphatic carbocycles. The van der Waals surface area contributed by atoms with Gasteiger partial charge in [0.05, 0.1) is 0 Å². The predicted molar refractivity (Wildman–Crippen MR) is 94.0 cm³/mol. The molecule has 0 heterocycles. The van der Waals surface area contributed by atoms with E-state index in [0.717, 1.165) is 27.8 Å². The van der Waals surface area contributed by atoms with E-state index in [1.165, 1.54) is 6.08 Å². The van der Waals surface area contributed by atoms with Crippen molar-refractivity contribution < 1.29 is 9.90 Å². The molecule has 0 atom stereocenters. The summed E-state index contributed by atoms with van der Waals surface area (Å²) in [5.74, 6) is -0.950. The van der Waals surface area contributed by atoms with Gasteiger partial charge in [-0.05, 0) is 33.9 Å². The Hall–Kier alpha value is -3.13. The van der Waals surface area contributed by atoms with Gasteiger partial charge >= 0.3 is 5.97 Å². The molecule has 23 heavy (non-hydrogen) atoms. The minimum Gasteiger partial charge on any atom is -0.478 e. The van der Waals surface area contributed by atoms with Crippen LogP contribution in [0.4, 0.5) is 0 Å². The van der Waals surface area contributed by atoms with Crippen LogP contribution < -0.4 is 0 Å². The van der Waals surface area contributed by atoms with Crippen LogP contribution in [0.25, 0.3) is 28.3 Å². The van der Waals surface area contributed by atoms with Crippen molar-refractivity contribution in [2.45, 2.75) is 0 Å². The second-order valence-corrected chi connectivity index (χ2v) is 5.17. The fourth-order valence-corrected chi connectivity index (χ4v) is 2.66. The number of benzene rings is 3. The standard InChI is InChI=1S/C21H16O2/c22-20(23)15-14-18-12-7-13-19(16-8-3-1-4-9-16)21(18)17-10-5-2-6-11-17/h1-15H,(H,22,23)/b15-14+. The molecule has 2 heteroatoms. The average Bonchev–Trinajstić information content (AvgIpc) is 2.61. The summed E-state index contributed by atoms with van der Waals surface area (Å²) in [4.78, 5) is 10.9. The number of aliphatic carboxylic acids is 1. The summed E-state index contributed by atoms with van der Waals surface area (Å²) in [5.41, 5.74) is 5.19. The lowest BCUT2D eigenvalue weighted by Crippen LogP contribution is -1.91. The molecular formula is C21H16O2. The lowest BCUT2D eigenvalue weighted by atomic mass is 9.90. The van der Waals surface area contributed by atoms with E-state index in [9.17, 15) is 4.79 Å². The van der Waals surface area contributed by atoms with Crippen molar-refractivity contribution in [3.8, 4) is 22.3 Å². The van der Waals surface area contributed by atoms with Gasteiger partial charge in [-0.15, -0.1) is 0 Å². The number of rotatable bonds is 4. The fraction of sp³-hybridized carbons (Fsp3) is 0. The third-order valence-electron chi connectivity index (χ3n) is 3.65. The maximum atomic E-state index is 10.9. The van der Waals surface area contributed by atoms with E-state index in [-0.39, 0.29) is 0 Å². The van der Waals surface area contributed by atoms with E-state index in [1.807, 2.05) is 60.7 Å². The van der Waals surface area contributed by atoms with E-state index < -0.39 is 5.97 Å². The van der Waals surface area contributed by atoms with Crippen molar-refractivity contribution in [3.05, 3.63) is 90.5 Å². The molecule has 1 N–H and O–H groups in total. The minimum absolute atomic E-state index is 0.889. The smallest absolute Gasteiger partial charge is 0.328 e. The van der Waals surface area contributed by atoms with Crippen molar-refractivity contribution in [1.29, 1.82) is 0 Å². The van der Waals surface area contributed by atoms with E-state index in [0.29, 0.717) is 0 Å². The summed E-state index contributed by atoms with van der Waals surface area (Å²) in [5, 5.41) is 8.94. The SMILES string of the molecule is O=C(O)/C=C/c1cccc(-c2ccccc2)c1-c1ccccc1. The third-order valence-corrected chi connectivity index (χ3v) is 3.65. The second-order valence-electron chi connectivity index (χ2n) is 5.17. The monoisotopic (exact) mass is 300 g/mol. The molecule has 2 nitrogen and oxygen atoms in total. The largest absolute Gasteiger partial charge is 0.478 e. The fourth-order valence-electron chi connectivity index (χ4n) is 2.66. The summed E-state index contributed by atoms with van der Waals surface area (Å²) in [6.07, 6.45) is 2.83. The van der Waals surface area contributed by atoms with Gasteiger partial charge in [0.1, 0.15) is 0 Å². The van der Waals surface area contributed by atoms with Crippen molar-refractivity contribution in [2.75, 3.05) is 0 Å². The Kier molecular flexibility index (Phi) is 4.34. The van der Waals surface area contributed by atoms with Gasteiger partial charge in [-0.3, -0.25) is 0 Å². The first-order chi connectivity index (χ1) is 11.3. The molecule has 0 aromatic heterocycles. The molecule has 0 aliphatic rings. The number of carboxylic acid groups (broad SMARTS) is 1. The first kappa shape index (κ1) is 14.8. The zero-order valence-electron chi connectivity index (χ0n) is 12.5. The lowest BCUT2D eigenvalue weighted by molar-refractivity contribution is -0.131. The zero-order chi connectivity index (χ0) is 16.1. The molecule has 3 aromatic rings. The molecule has 0 radical (unpaired) electrons. The van der Waals surface area contributed by atoms with Gasteiger partial charge in [-0.25, -0.2) is 4.79 Å². The number of carboxylic acids is 1. The summed E-state index contributed by atoms with van der Waals surface area (Å²) < 4.78 is 0. The highest BCUT2D eigenvalue weighted by Gasteiger charge is 2.10. The lowest BCUT2D eigenvalue weighted by Gasteiger charge is -2.13. The molecule has 0 fully saturated rings. The number of carbonyl (C=O) groups is 1. The Bertz CT molecular complexity index is 834. The van der Waals surface area contributed by atoms with Crippen molar-refractivity contribution in [2.24, 2.45) is 0 Å². The summed E-state index contributed by atoms with van der Waals surface area (Å²) >= 11 is 0. The highest BCUT2D eigenvalue weighted by atomic mass is 16.4. The number of hydrogen-bond donors (Lipinski definition) is 1. The van der Waals surface area contributed by atoms with Crippen molar-refractivity contribution in [3.63, 3.8) is 0 Å². The molecule has 3 aromatic carbocycles. The van der Waals surface area contributed by atoms with Gasteiger partial charge in [0.25, 0.3) is 0 Å². The topological polar surface area (TPSA) is 37.3 Å². The molecule has 0 bridgehead atoms. The second kappa shape index (κ2) is 6.75. The molecule has 0 saturated heterocycles. The van der Waals surface area contributed by atoms with Crippen molar-refractivity contribution in [1.82, 2.24) is 0 Å². The van der Waals surface area contributed by atoms with Crippen LogP contribution in [0.15, 0.2) is 84.9 Å². The molecule has 3 rings (SSSR count). The normalized spacial score (nSPS) is 10.8. The molecule has 0 amide bonds. The van der Waals surface area contributed by atoms with E-state index in [2.05, 4.69) is 18.2 Å². The van der Waals surface area contributed by atoms with Crippen LogP contribution in [0.2, 0.25) is 0 Å². The van der Waals surface area contributed by atoms with E-state index >= 15 is 0 Å². The van der Waals surface area contributed by atoms with E-state index in [1.54, 1.807) is 6.08 Å². The Labute approximate surface area is 135 Å². The Morgan fingerprint density at radius 2 is 1.35 bits per heavy atom. The summed E-state index contributed by atoms with van der Waals surface area (Å²) in [6.45, 7) is 0. The van der Waals surface area contributed by atoms with Gasteiger partial charge in [-0.1, -0.05) is 78.9 Å². The first-order valence-corrected chi connectivity index (χ1v) is 7.40. The highest BCUT2D eigenvalue weighted by molar-refractivity contribution is 5.93. The van der Waals surface area contributed by atoms with Crippen LogP contribution in [0.3, 0.4) is 0 Å². The number of hydrogen-bond acceptors (Lipinski definition) is 1. The van der Waals surface area contributed by atoms with Crippen LogP contribution in [0, 0.1) is 0 Å². The van der Waals surface area contributed by atoms with Crippen LogP contribution in [-0.2, 0) is 4.79 Å². The zero-order valence-corrected chi connectivity index (χ0v) is 12.5. The maximum Gasteiger partial charge on any atom is 0.328 e. The Balaban J connectivity index is 2.24. The molecule has 0 saturated carbocycles. The first-order valence-electron chi connectivity index (χ1n) is 7.40. The maximum absolute atomic E-state index is 10.9. The molecule has 0 aliphatic heterocycles. The van der Waals surface area contributed by atoms with Gasteiger partial charge in [0, 0.05) is 6.08 Å². The van der Waals surface area contributed by atoms with Gasteiger partial charge < -0.3 is 5.11 Å². The summed E-state index contributed by atoms with van der Waals surface area (Å²) in [7, 11) is 0. The molecular weight excluding hydrogens is 284 g/mol. The molecule has 0 spiro atoms. The summed E-state index contributed by atoms with van der Waals surface area (Å²) in [6, 6.07) is 26.1. The highest BCUT2D eigenvalue weighted by Crippen LogP contribution is 2.35. The van der Waals surface area contributed by atoms with Crippen molar-refractivity contribution >= 4 is 12.0 Å². The van der Waals surface area contributed by atoms with E-state index in [4.69, 9.17) is 5.11 Å². The average molecular weight is 300 g/mol. The minimum atomic E-state index is -0.950. The van der Waals surface area contributed by atoms with Crippen LogP contribution in [-0.4, -0.2) is 11.1 Å². The third kappa shape index (κ3) is 3.38. The molecule has 112 valence electrons. The van der Waals surface area contributed by atoms with Gasteiger partial charge in [0.2, 0.25) is 0 Å². The Morgan fingerprint density at radius 1 is 0.739 bits per heavy atom. The van der Waals surface area contributed by atoms with Crippen LogP contribution >= 0.6 is 0 Å².